The van der Waals surface area contributed by atoms with Gasteiger partial charge in [-0.25, -0.2) is 0 Å². The van der Waals surface area contributed by atoms with E-state index in [1.54, 1.807) is 11.3 Å². The van der Waals surface area contributed by atoms with Gasteiger partial charge in [0.15, 0.2) is 0 Å². The minimum Gasteiger partial charge on any atom is -0.351 e. The van der Waals surface area contributed by atoms with Crippen molar-refractivity contribution in [2.75, 3.05) is 0 Å². The van der Waals surface area contributed by atoms with Gasteiger partial charge in [0, 0.05) is 23.4 Å². The van der Waals surface area contributed by atoms with Gasteiger partial charge in [0.2, 0.25) is 5.91 Å². The molecule has 2 bridgehead atoms. The molecular weight excluding hydrogens is 292 g/mol. The van der Waals surface area contributed by atoms with Crippen LogP contribution in [0.2, 0.25) is 0 Å². The van der Waals surface area contributed by atoms with E-state index in [4.69, 9.17) is 0 Å². The summed E-state index contributed by atoms with van der Waals surface area (Å²) in [5.74, 6) is 0.808. The number of hydrogen-bond donors (Lipinski definition) is 2. The summed E-state index contributed by atoms with van der Waals surface area (Å²) >= 11 is 1.72. The fraction of sp³-hybridized carbons (Fsp3) is 0.667. The summed E-state index contributed by atoms with van der Waals surface area (Å²) in [5, 5.41) is 8.78. The summed E-state index contributed by atoms with van der Waals surface area (Å²) in [5.41, 5.74) is 1.28. The van der Waals surface area contributed by atoms with Gasteiger partial charge in [0.05, 0.1) is 6.54 Å². The number of carbonyl (C=O) groups is 1. The Morgan fingerprint density at radius 1 is 1.40 bits per heavy atom. The Balaban J connectivity index is 0.00000147. The molecule has 20 heavy (non-hydrogen) atoms. The first-order chi connectivity index (χ1) is 9.20. The molecule has 0 radical (unpaired) electrons. The Labute approximate surface area is 130 Å². The number of fused-ring (bicyclic) bond motifs is 2. The predicted molar refractivity (Wildman–Crippen MR) is 85.4 cm³/mol. The number of thiophene rings is 1. The summed E-state index contributed by atoms with van der Waals surface area (Å²) in [4.78, 5) is 13.3. The lowest BCUT2D eigenvalue weighted by Gasteiger charge is -2.28. The van der Waals surface area contributed by atoms with Crippen LogP contribution in [-0.4, -0.2) is 18.0 Å². The third kappa shape index (κ3) is 3.74. The van der Waals surface area contributed by atoms with E-state index in [9.17, 15) is 4.79 Å². The molecule has 2 unspecified atom stereocenters. The lowest BCUT2D eigenvalue weighted by atomic mass is 9.89. The molecule has 2 fully saturated rings. The van der Waals surface area contributed by atoms with Gasteiger partial charge in [-0.3, -0.25) is 4.79 Å². The number of halogens is 1. The van der Waals surface area contributed by atoms with E-state index in [0.29, 0.717) is 31.0 Å². The highest BCUT2D eigenvalue weighted by Gasteiger charge is 2.34. The highest BCUT2D eigenvalue weighted by Crippen LogP contribution is 2.32. The molecule has 3 heterocycles. The number of aryl methyl sites for hydroxylation is 1. The lowest BCUT2D eigenvalue weighted by Crippen LogP contribution is -2.39. The second kappa shape index (κ2) is 6.92. The van der Waals surface area contributed by atoms with Crippen molar-refractivity contribution >= 4 is 29.7 Å². The molecule has 0 saturated carbocycles. The number of piperidine rings is 1. The average molecular weight is 315 g/mol. The number of amides is 1. The first kappa shape index (κ1) is 15.8. The molecule has 2 N–H and O–H groups in total. The van der Waals surface area contributed by atoms with Crippen molar-refractivity contribution in [3.8, 4) is 0 Å². The molecule has 2 atom stereocenters. The first-order valence-corrected chi connectivity index (χ1v) is 8.14. The molecule has 1 amide bonds. The highest BCUT2D eigenvalue weighted by molar-refractivity contribution is 7.10. The van der Waals surface area contributed by atoms with E-state index < -0.39 is 0 Å². The van der Waals surface area contributed by atoms with Crippen molar-refractivity contribution < 1.29 is 4.79 Å². The number of nitrogens with one attached hydrogen (secondary N) is 2. The highest BCUT2D eigenvalue weighted by atomic mass is 35.5. The number of rotatable bonds is 4. The zero-order chi connectivity index (χ0) is 13.2. The van der Waals surface area contributed by atoms with Crippen molar-refractivity contribution in [3.05, 3.63) is 21.9 Å². The maximum absolute atomic E-state index is 12.0. The van der Waals surface area contributed by atoms with Crippen LogP contribution in [-0.2, 0) is 11.3 Å². The molecule has 3 nitrogen and oxygen atoms in total. The fourth-order valence-corrected chi connectivity index (χ4v) is 4.29. The van der Waals surface area contributed by atoms with Gasteiger partial charge in [-0.1, -0.05) is 0 Å². The van der Waals surface area contributed by atoms with Gasteiger partial charge < -0.3 is 10.6 Å². The van der Waals surface area contributed by atoms with E-state index in [0.717, 1.165) is 0 Å². The Morgan fingerprint density at radius 3 is 2.70 bits per heavy atom. The van der Waals surface area contributed by atoms with Gasteiger partial charge in [-0.2, -0.15) is 0 Å². The van der Waals surface area contributed by atoms with Crippen molar-refractivity contribution in [2.45, 2.75) is 57.7 Å². The van der Waals surface area contributed by atoms with E-state index in [2.05, 4.69) is 29.0 Å². The van der Waals surface area contributed by atoms with Gasteiger partial charge >= 0.3 is 0 Å². The third-order valence-electron chi connectivity index (χ3n) is 4.46. The standard InChI is InChI=1S/C15H22N2OS.ClH/c1-10-4-5-19-14(10)9-16-15(18)8-11-6-12-2-3-13(7-11)17-12;/h4-5,11-13,17H,2-3,6-9H2,1H3,(H,16,18);1H. The zero-order valence-corrected chi connectivity index (χ0v) is 13.5. The molecule has 0 aliphatic carbocycles. The van der Waals surface area contributed by atoms with Gasteiger partial charge in [-0.15, -0.1) is 23.7 Å². The Kier molecular flexibility index (Phi) is 5.47. The SMILES string of the molecule is Cc1ccsc1CNC(=O)CC1CC2CCC(C1)N2.Cl. The van der Waals surface area contributed by atoms with Gasteiger partial charge in [-0.05, 0) is 55.5 Å². The van der Waals surface area contributed by atoms with Crippen LogP contribution in [0.25, 0.3) is 0 Å². The summed E-state index contributed by atoms with van der Waals surface area (Å²) in [7, 11) is 0. The van der Waals surface area contributed by atoms with Crippen molar-refractivity contribution in [1.82, 2.24) is 10.6 Å². The minimum atomic E-state index is 0. The Hall–Kier alpha value is -0.580. The van der Waals surface area contributed by atoms with Crippen LogP contribution in [0.15, 0.2) is 11.4 Å². The van der Waals surface area contributed by atoms with Crippen molar-refractivity contribution in [3.63, 3.8) is 0 Å². The molecule has 1 aromatic rings. The van der Waals surface area contributed by atoms with Crippen LogP contribution in [0.5, 0.6) is 0 Å². The molecular formula is C15H23ClN2OS. The normalized spacial score (nSPS) is 27.9. The van der Waals surface area contributed by atoms with Crippen LogP contribution in [0.1, 0.15) is 42.5 Å². The summed E-state index contributed by atoms with van der Waals surface area (Å²) in [6.07, 6.45) is 5.68. The number of hydrogen-bond acceptors (Lipinski definition) is 3. The zero-order valence-electron chi connectivity index (χ0n) is 11.9. The van der Waals surface area contributed by atoms with E-state index >= 15 is 0 Å². The summed E-state index contributed by atoms with van der Waals surface area (Å²) in [6.45, 7) is 2.79. The Morgan fingerprint density at radius 2 is 2.10 bits per heavy atom. The number of carbonyl (C=O) groups excluding carboxylic acids is 1. The second-order valence-electron chi connectivity index (χ2n) is 5.98. The van der Waals surface area contributed by atoms with Gasteiger partial charge in [0.1, 0.15) is 0 Å². The smallest absolute Gasteiger partial charge is 0.220 e. The minimum absolute atomic E-state index is 0. The molecule has 5 heteroatoms. The Bertz CT molecular complexity index is 450. The van der Waals surface area contributed by atoms with E-state index in [1.807, 2.05) is 0 Å². The van der Waals surface area contributed by atoms with Gasteiger partial charge in [0.25, 0.3) is 0 Å². The first-order valence-electron chi connectivity index (χ1n) is 7.26. The quantitative estimate of drug-likeness (QED) is 0.897. The summed E-state index contributed by atoms with van der Waals surface area (Å²) in [6, 6.07) is 3.46. The predicted octanol–water partition coefficient (Wildman–Crippen LogP) is 3.02. The molecule has 3 rings (SSSR count). The van der Waals surface area contributed by atoms with Crippen LogP contribution >= 0.6 is 23.7 Å². The van der Waals surface area contributed by atoms with Crippen molar-refractivity contribution in [2.24, 2.45) is 5.92 Å². The summed E-state index contributed by atoms with van der Waals surface area (Å²) < 4.78 is 0. The molecule has 1 aromatic heterocycles. The maximum Gasteiger partial charge on any atom is 0.220 e. The molecule has 0 aromatic carbocycles. The fourth-order valence-electron chi connectivity index (χ4n) is 3.44. The maximum atomic E-state index is 12.0. The topological polar surface area (TPSA) is 41.1 Å². The molecule has 112 valence electrons. The largest absolute Gasteiger partial charge is 0.351 e. The van der Waals surface area contributed by atoms with E-state index in [1.165, 1.54) is 36.1 Å². The van der Waals surface area contributed by atoms with Crippen LogP contribution in [0, 0.1) is 12.8 Å². The van der Waals surface area contributed by atoms with Crippen LogP contribution in [0.4, 0.5) is 0 Å². The van der Waals surface area contributed by atoms with E-state index in [-0.39, 0.29) is 18.3 Å². The van der Waals surface area contributed by atoms with Crippen LogP contribution in [0.3, 0.4) is 0 Å². The monoisotopic (exact) mass is 314 g/mol. The molecule has 2 saturated heterocycles. The molecule has 2 aliphatic heterocycles. The second-order valence-corrected chi connectivity index (χ2v) is 6.98. The lowest BCUT2D eigenvalue weighted by molar-refractivity contribution is -0.122. The average Bonchev–Trinajstić information content (AvgIpc) is 2.93. The molecule has 0 spiro atoms. The van der Waals surface area contributed by atoms with Crippen molar-refractivity contribution in [1.29, 1.82) is 0 Å². The molecule has 2 aliphatic rings. The van der Waals surface area contributed by atoms with Crippen LogP contribution < -0.4 is 10.6 Å². The third-order valence-corrected chi connectivity index (χ3v) is 5.48.